The van der Waals surface area contributed by atoms with Crippen molar-refractivity contribution in [1.29, 1.82) is 0 Å². The summed E-state index contributed by atoms with van der Waals surface area (Å²) >= 11 is 0. The number of hydrogen-bond donors (Lipinski definition) is 1. The predicted octanol–water partition coefficient (Wildman–Crippen LogP) is 1.27. The maximum Gasteiger partial charge on any atom is 0.273 e. The number of hydrogen-bond acceptors (Lipinski definition) is 5. The molecule has 1 fully saturated rings. The van der Waals surface area contributed by atoms with E-state index >= 15 is 0 Å². The Hall–Kier alpha value is -1.66. The Bertz CT molecular complexity index is 439. The Morgan fingerprint density at radius 3 is 3.16 bits per heavy atom. The van der Waals surface area contributed by atoms with Gasteiger partial charge in [0.2, 0.25) is 0 Å². The van der Waals surface area contributed by atoms with Crippen molar-refractivity contribution in [2.75, 3.05) is 32.8 Å². The summed E-state index contributed by atoms with van der Waals surface area (Å²) < 4.78 is 5.58. The van der Waals surface area contributed by atoms with Crippen molar-refractivity contribution in [2.24, 2.45) is 0 Å². The van der Waals surface area contributed by atoms with E-state index < -0.39 is 4.92 Å². The largest absolute Gasteiger partial charge is 0.492 e. The zero-order chi connectivity index (χ0) is 13.7. The summed E-state index contributed by atoms with van der Waals surface area (Å²) in [7, 11) is 0. The molecule has 0 radical (unpaired) electrons. The van der Waals surface area contributed by atoms with Crippen LogP contribution >= 0.6 is 0 Å². The van der Waals surface area contributed by atoms with Crippen molar-refractivity contribution >= 4 is 5.69 Å². The first kappa shape index (κ1) is 13.8. The van der Waals surface area contributed by atoms with E-state index in [9.17, 15) is 10.1 Å². The molecule has 1 heterocycles. The molecule has 1 aliphatic rings. The van der Waals surface area contributed by atoms with Gasteiger partial charge in [-0.3, -0.25) is 15.0 Å². The number of nitrogens with zero attached hydrogens (tertiary/aromatic N) is 2. The molecule has 0 bridgehead atoms. The smallest absolute Gasteiger partial charge is 0.273 e. The maximum atomic E-state index is 10.7. The van der Waals surface area contributed by atoms with Crippen LogP contribution < -0.4 is 10.1 Å². The van der Waals surface area contributed by atoms with E-state index in [0.29, 0.717) is 18.4 Å². The summed E-state index contributed by atoms with van der Waals surface area (Å²) in [4.78, 5) is 12.6. The van der Waals surface area contributed by atoms with Crippen molar-refractivity contribution in [2.45, 2.75) is 13.0 Å². The molecule has 19 heavy (non-hydrogen) atoms. The Morgan fingerprint density at radius 1 is 1.58 bits per heavy atom. The second kappa shape index (κ2) is 6.49. The van der Waals surface area contributed by atoms with Gasteiger partial charge in [-0.15, -0.1) is 0 Å². The van der Waals surface area contributed by atoms with Crippen molar-refractivity contribution in [1.82, 2.24) is 10.2 Å². The SMILES string of the molecule is C[C@H]1CNCCN1CCOc1cccc([N+](=O)[O-])c1. The summed E-state index contributed by atoms with van der Waals surface area (Å²) in [6.45, 7) is 6.58. The lowest BCUT2D eigenvalue weighted by molar-refractivity contribution is -0.384. The molecule has 1 atom stereocenters. The van der Waals surface area contributed by atoms with Crippen LogP contribution in [0, 0.1) is 10.1 Å². The molecule has 0 aromatic heterocycles. The van der Waals surface area contributed by atoms with E-state index in [1.807, 2.05) is 0 Å². The summed E-state index contributed by atoms with van der Waals surface area (Å²) in [6.07, 6.45) is 0. The number of non-ortho nitro benzene ring substituents is 1. The highest BCUT2D eigenvalue weighted by Gasteiger charge is 2.17. The van der Waals surface area contributed by atoms with Gasteiger partial charge < -0.3 is 10.1 Å². The predicted molar refractivity (Wildman–Crippen MR) is 72.5 cm³/mol. The van der Waals surface area contributed by atoms with Crippen LogP contribution in [-0.4, -0.2) is 48.7 Å². The van der Waals surface area contributed by atoms with Crippen LogP contribution in [0.15, 0.2) is 24.3 Å². The number of rotatable bonds is 5. The monoisotopic (exact) mass is 265 g/mol. The molecule has 1 aliphatic heterocycles. The molecule has 6 heteroatoms. The molecule has 0 saturated carbocycles. The average Bonchev–Trinajstić information content (AvgIpc) is 2.41. The summed E-state index contributed by atoms with van der Waals surface area (Å²) in [5.74, 6) is 0.553. The maximum absolute atomic E-state index is 10.7. The zero-order valence-corrected chi connectivity index (χ0v) is 11.0. The molecule has 1 aromatic carbocycles. The van der Waals surface area contributed by atoms with Crippen molar-refractivity contribution in [3.8, 4) is 5.75 Å². The molecule has 1 N–H and O–H groups in total. The number of piperazine rings is 1. The van der Waals surface area contributed by atoms with Crippen molar-refractivity contribution < 1.29 is 9.66 Å². The standard InChI is InChI=1S/C13H19N3O3/c1-11-10-14-5-6-15(11)7-8-19-13-4-2-3-12(9-13)16(17)18/h2-4,9,11,14H,5-8,10H2,1H3/t11-/m0/s1. The quantitative estimate of drug-likeness (QED) is 0.641. The highest BCUT2D eigenvalue weighted by molar-refractivity contribution is 5.37. The molecular weight excluding hydrogens is 246 g/mol. The third-order valence-corrected chi connectivity index (χ3v) is 3.31. The van der Waals surface area contributed by atoms with E-state index in [1.165, 1.54) is 12.1 Å². The van der Waals surface area contributed by atoms with Gasteiger partial charge in [0.25, 0.3) is 5.69 Å². The molecule has 0 amide bonds. The lowest BCUT2D eigenvalue weighted by atomic mass is 10.2. The van der Waals surface area contributed by atoms with Gasteiger partial charge in [-0.05, 0) is 13.0 Å². The summed E-state index contributed by atoms with van der Waals surface area (Å²) in [5, 5.41) is 14.0. The Kier molecular flexibility index (Phi) is 4.70. The second-order valence-electron chi connectivity index (χ2n) is 4.69. The topological polar surface area (TPSA) is 67.6 Å². The highest BCUT2D eigenvalue weighted by atomic mass is 16.6. The van der Waals surface area contributed by atoms with Gasteiger partial charge in [-0.25, -0.2) is 0 Å². The fraction of sp³-hybridized carbons (Fsp3) is 0.538. The molecule has 2 rings (SSSR count). The van der Waals surface area contributed by atoms with Gasteiger partial charge >= 0.3 is 0 Å². The average molecular weight is 265 g/mol. The highest BCUT2D eigenvalue weighted by Crippen LogP contribution is 2.19. The number of ether oxygens (including phenoxy) is 1. The van der Waals surface area contributed by atoms with Gasteiger partial charge in [0, 0.05) is 38.3 Å². The van der Waals surface area contributed by atoms with Gasteiger partial charge in [-0.1, -0.05) is 6.07 Å². The molecule has 0 spiro atoms. The number of nitro groups is 1. The Morgan fingerprint density at radius 2 is 2.42 bits per heavy atom. The van der Waals surface area contributed by atoms with Gasteiger partial charge in [-0.2, -0.15) is 0 Å². The Labute approximate surface area is 112 Å². The van der Waals surface area contributed by atoms with Crippen LogP contribution in [0.2, 0.25) is 0 Å². The molecule has 0 aliphatic carbocycles. The first-order chi connectivity index (χ1) is 9.16. The van der Waals surface area contributed by atoms with Gasteiger partial charge in [0.1, 0.15) is 12.4 Å². The third kappa shape index (κ3) is 3.90. The lowest BCUT2D eigenvalue weighted by Crippen LogP contribution is -2.50. The van der Waals surface area contributed by atoms with Crippen LogP contribution in [0.25, 0.3) is 0 Å². The van der Waals surface area contributed by atoms with Gasteiger partial charge in [0.15, 0.2) is 0 Å². The Balaban J connectivity index is 1.82. The minimum atomic E-state index is -0.411. The summed E-state index contributed by atoms with van der Waals surface area (Å²) in [6, 6.07) is 6.81. The molecule has 0 unspecified atom stereocenters. The number of nitrogens with one attached hydrogen (secondary N) is 1. The van der Waals surface area contributed by atoms with Crippen LogP contribution in [0.1, 0.15) is 6.92 Å². The van der Waals surface area contributed by atoms with E-state index in [2.05, 4.69) is 17.1 Å². The van der Waals surface area contributed by atoms with E-state index in [4.69, 9.17) is 4.74 Å². The minimum Gasteiger partial charge on any atom is -0.492 e. The van der Waals surface area contributed by atoms with E-state index in [1.54, 1.807) is 12.1 Å². The first-order valence-corrected chi connectivity index (χ1v) is 6.49. The molecule has 6 nitrogen and oxygen atoms in total. The minimum absolute atomic E-state index is 0.0630. The molecule has 104 valence electrons. The fourth-order valence-corrected chi connectivity index (χ4v) is 2.18. The lowest BCUT2D eigenvalue weighted by Gasteiger charge is -2.33. The molecule has 1 saturated heterocycles. The number of benzene rings is 1. The third-order valence-electron chi connectivity index (χ3n) is 3.31. The molecular formula is C13H19N3O3. The number of nitro benzene ring substituents is 1. The van der Waals surface area contributed by atoms with Gasteiger partial charge in [0.05, 0.1) is 11.0 Å². The normalized spacial score (nSPS) is 20.2. The molecule has 1 aromatic rings. The van der Waals surface area contributed by atoms with Crippen LogP contribution in [0.5, 0.6) is 5.75 Å². The summed E-state index contributed by atoms with van der Waals surface area (Å²) in [5.41, 5.74) is 0.0630. The van der Waals surface area contributed by atoms with Crippen molar-refractivity contribution in [3.05, 3.63) is 34.4 Å². The van der Waals surface area contributed by atoms with Crippen LogP contribution in [0.4, 0.5) is 5.69 Å². The fourth-order valence-electron chi connectivity index (χ4n) is 2.18. The van der Waals surface area contributed by atoms with Crippen LogP contribution in [-0.2, 0) is 0 Å². The van der Waals surface area contributed by atoms with Crippen LogP contribution in [0.3, 0.4) is 0 Å². The van der Waals surface area contributed by atoms with E-state index in [0.717, 1.165) is 26.2 Å². The first-order valence-electron chi connectivity index (χ1n) is 6.49. The van der Waals surface area contributed by atoms with Crippen molar-refractivity contribution in [3.63, 3.8) is 0 Å². The van der Waals surface area contributed by atoms with E-state index in [-0.39, 0.29) is 5.69 Å². The second-order valence-corrected chi connectivity index (χ2v) is 4.69. The zero-order valence-electron chi connectivity index (χ0n) is 11.0.